The third-order valence-electron chi connectivity index (χ3n) is 14.5. The number of ketones is 3. The molecule has 10 rings (SSSR count). The van der Waals surface area contributed by atoms with Gasteiger partial charge in [0.15, 0.2) is 16.0 Å². The molecule has 17 nitrogen and oxygen atoms in total. The summed E-state index contributed by atoms with van der Waals surface area (Å²) in [6, 6.07) is 66.7. The van der Waals surface area contributed by atoms with Crippen LogP contribution in [0.5, 0.6) is 0 Å². The molecule has 108 heavy (non-hydrogen) atoms. The molecule has 11 N–H and O–H groups in total. The fraction of sp³-hybridized carbons (Fsp3) is 0.275. The molecule has 2 aliphatic heterocycles. The number of aryl methyl sites for hydroxylation is 3. The van der Waals surface area contributed by atoms with Gasteiger partial charge >= 0.3 is 5.97 Å². The number of aliphatic hydroxyl groups is 2. The molecule has 1 fully saturated rings. The molecule has 0 radical (unpaired) electrons. The van der Waals surface area contributed by atoms with E-state index in [-0.39, 0.29) is 85.6 Å². The number of alkyl halides is 3. The van der Waals surface area contributed by atoms with Crippen LogP contribution in [-0.4, -0.2) is 69.0 Å². The van der Waals surface area contributed by atoms with Gasteiger partial charge in [-0.2, -0.15) is 15.8 Å². The summed E-state index contributed by atoms with van der Waals surface area (Å²) < 4.78 is 9.63. The van der Waals surface area contributed by atoms with Crippen LogP contribution in [-0.2, 0) is 104 Å². The first-order valence-corrected chi connectivity index (χ1v) is 43.9. The number of nitrogens with one attached hydrogen (secondary N) is 1. The number of ether oxygens (including phenoxy) is 2. The molecule has 0 bridgehead atoms. The van der Waals surface area contributed by atoms with Gasteiger partial charge in [0.25, 0.3) is 0 Å². The number of Topliss-reactive ketones (excluding diaryl/α,β-unsaturated/α-hetero) is 3. The van der Waals surface area contributed by atoms with Crippen molar-refractivity contribution in [3.63, 3.8) is 0 Å². The van der Waals surface area contributed by atoms with Crippen molar-refractivity contribution in [3.05, 3.63) is 289 Å². The zero-order valence-electron chi connectivity index (χ0n) is 59.6. The molecule has 0 atom stereocenters. The van der Waals surface area contributed by atoms with E-state index in [0.29, 0.717) is 99.1 Å². The maximum Gasteiger partial charge on any atom is 0.310 e. The lowest BCUT2D eigenvalue weighted by molar-refractivity contribution is -0.145. The number of cyclic esters (lactones) is 1. The van der Waals surface area contributed by atoms with Gasteiger partial charge in [0.05, 0.1) is 59.8 Å². The van der Waals surface area contributed by atoms with Crippen LogP contribution < -0.4 is 22.9 Å². The molecule has 0 saturated carbocycles. The summed E-state index contributed by atoms with van der Waals surface area (Å²) in [5.41, 5.74) is 35.1. The first kappa shape index (κ1) is 103. The SMILES string of the molecule is Br.BrP(Br)Br.C1CCOC1.CCO.Cl.ClCCl.N#Cc1ccc(CCC(=O)Cc2ccccc2CBr)cc1.N#Cc1ccc(CCC(=O)Cc2ccccc2CO)cc1.N#Cc1ccc(CCC(=O)Cc2ccccc2CSC(=N)N)cc1.NC(N)=S.O=C1Cc2ccccc2CO1.[C-]#[N+]c1ccc(CN)cc1. The zero-order valence-corrected chi connectivity index (χ0v) is 72.5. The smallest absolute Gasteiger partial charge is 0.310 e. The molecule has 0 aliphatic carbocycles. The van der Waals surface area contributed by atoms with E-state index in [0.717, 1.165) is 86.2 Å². The van der Waals surface area contributed by atoms with Gasteiger partial charge in [-0.3, -0.25) is 24.6 Å². The van der Waals surface area contributed by atoms with Gasteiger partial charge in [-0.05, 0) is 201 Å². The van der Waals surface area contributed by atoms with E-state index in [1.54, 1.807) is 55.5 Å². The van der Waals surface area contributed by atoms with Gasteiger partial charge in [0.2, 0.25) is 0 Å². The monoisotopic (exact) mass is 1900 g/mol. The number of hydrogen-bond acceptors (Lipinski definition) is 15. The largest absolute Gasteiger partial charge is 0.461 e. The fourth-order valence-corrected chi connectivity index (χ4v) is 10.4. The van der Waals surface area contributed by atoms with Crippen LogP contribution in [0.15, 0.2) is 194 Å². The van der Waals surface area contributed by atoms with E-state index in [9.17, 15) is 24.3 Å². The second-order valence-electron chi connectivity index (χ2n) is 22.2. The lowest BCUT2D eigenvalue weighted by Crippen LogP contribution is -2.18. The number of fused-ring (bicyclic) bond motifs is 1. The number of carbonyl (C=O) groups is 4. The second kappa shape index (κ2) is 66.1. The Hall–Kier alpha value is -6.75. The molecular weight excluding hydrogens is 1820 g/mol. The van der Waals surface area contributed by atoms with Gasteiger partial charge in [-0.25, -0.2) is 4.85 Å². The average Bonchev–Trinajstić information content (AvgIpc) is 1.09. The van der Waals surface area contributed by atoms with Crippen molar-refractivity contribution in [2.45, 2.75) is 115 Å². The highest BCUT2D eigenvalue weighted by atomic mass is 80.0. The van der Waals surface area contributed by atoms with Crippen LogP contribution in [0, 0.1) is 46.0 Å². The number of nitrogens with two attached hydrogens (primary N) is 4. The van der Waals surface area contributed by atoms with Crippen LogP contribution in [0.25, 0.3) is 4.85 Å². The summed E-state index contributed by atoms with van der Waals surface area (Å²) in [6.45, 7) is 11.5. The number of thioether (sulfide) groups is 1. The molecule has 0 spiro atoms. The molecule has 0 amide bonds. The molecule has 0 unspecified atom stereocenters. The van der Waals surface area contributed by atoms with Crippen LogP contribution in [0.4, 0.5) is 5.69 Å². The van der Waals surface area contributed by atoms with Gasteiger partial charge in [-0.15, -0.1) is 52.6 Å². The number of nitriles is 3. The Balaban J connectivity index is 0. The summed E-state index contributed by atoms with van der Waals surface area (Å²) >= 11 is 27.8. The summed E-state index contributed by atoms with van der Waals surface area (Å²) in [6.07, 6.45) is 7.75. The second-order valence-corrected chi connectivity index (χ2v) is 40.4. The van der Waals surface area contributed by atoms with Crippen molar-refractivity contribution in [1.29, 1.82) is 21.2 Å². The van der Waals surface area contributed by atoms with Crippen molar-refractivity contribution in [1.82, 2.24) is 0 Å². The van der Waals surface area contributed by atoms with Crippen molar-refractivity contribution in [2.75, 3.05) is 25.2 Å². The van der Waals surface area contributed by atoms with Crippen LogP contribution in [0.1, 0.15) is 122 Å². The maximum atomic E-state index is 12.3. The summed E-state index contributed by atoms with van der Waals surface area (Å²) in [4.78, 5) is 50.5. The summed E-state index contributed by atoms with van der Waals surface area (Å²) in [5.74, 6) is 1.06. The molecule has 8 aromatic rings. The number of halogens is 8. The van der Waals surface area contributed by atoms with E-state index in [4.69, 9.17) is 77.0 Å². The molecule has 0 aromatic heterocycles. The van der Waals surface area contributed by atoms with Crippen LogP contribution in [0.2, 0.25) is 0 Å². The van der Waals surface area contributed by atoms with Crippen LogP contribution in [0.3, 0.4) is 0 Å². The molecule has 1 saturated heterocycles. The number of rotatable bonds is 20. The molecular formula is C80H90Br5Cl3N9O8PS2. The third-order valence-corrected chi connectivity index (χ3v) is 15.9. The highest BCUT2D eigenvalue weighted by molar-refractivity contribution is 9.93. The van der Waals surface area contributed by atoms with Gasteiger partial charge in [-0.1, -0.05) is 185 Å². The van der Waals surface area contributed by atoms with Gasteiger partial charge in [0.1, 0.15) is 28.0 Å². The lowest BCUT2D eigenvalue weighted by Gasteiger charge is -2.14. The Labute approximate surface area is 705 Å². The number of thiocarbonyl (C=S) groups is 1. The summed E-state index contributed by atoms with van der Waals surface area (Å²) in [5, 5.41) is 51.4. The van der Waals surface area contributed by atoms with Gasteiger partial charge < -0.3 is 42.6 Å². The third kappa shape index (κ3) is 50.9. The van der Waals surface area contributed by atoms with E-state index < -0.39 is 0 Å². The topological polar surface area (TPSA) is 331 Å². The van der Waals surface area contributed by atoms with Crippen molar-refractivity contribution in [2.24, 2.45) is 22.9 Å². The minimum atomic E-state index is -0.183. The number of hydrogen-bond donors (Lipinski definition) is 7. The van der Waals surface area contributed by atoms with E-state index in [1.165, 1.54) is 30.2 Å². The number of amidine groups is 1. The number of carbonyl (C=O) groups excluding carboxylic acids is 4. The lowest BCUT2D eigenvalue weighted by atomic mass is 9.99. The Bertz CT molecular complexity index is 3940. The Kier molecular flexibility index (Phi) is 63.2. The molecule has 2 heterocycles. The standard InChI is InChI=1S/C19H19N3OS.C18H16BrNO.C18H17NO2.C9H8O2.C8H8N2.C4H8O.C2H6O.CH2Cl2.CH4N2S.Br3P.BrH.ClH/c20-12-15-7-5-14(6-8-15)9-10-18(23)11-16-3-1-2-4-17(16)13-24-19(21)22;19-12-17-4-2-1-3-16(17)11-18(21)10-9-14-5-7-15(13-20)8-6-14;19-12-15-7-5-14(6-8-15)9-10-18(21)11-16-3-1-2-4-17(16)13-20;10-9-5-7-3-1-2-4-8(7)6-11-9;1-10-8-4-2-7(6-9)3-5-8;1-2-4-5-3-1;1-2-3;2-1-3;2-1(3)4;1-4(2)3;;/h1-8H,9-11,13H2,(H3,21,22);1-8H,9-12H2;1-8,20H,9-11,13H2;1-4H,5-6H2;2-5H,6,9H2;1-4H2;3H,2H2,1H3;1H2;(H4,2,3,4);;2*1H. The quantitative estimate of drug-likeness (QED) is 0.00709. The van der Waals surface area contributed by atoms with E-state index in [2.05, 4.69) is 109 Å². The number of benzene rings is 8. The minimum Gasteiger partial charge on any atom is -0.461 e. The molecule has 28 heteroatoms. The maximum absolute atomic E-state index is 12.3. The normalized spacial score (nSPS) is 10.6. The van der Waals surface area contributed by atoms with E-state index >= 15 is 0 Å². The Morgan fingerprint density at radius 2 is 0.926 bits per heavy atom. The first-order chi connectivity index (χ1) is 51.0. The Morgan fingerprint density at radius 3 is 1.25 bits per heavy atom. The first-order valence-electron chi connectivity index (χ1n) is 32.9. The number of aliphatic hydroxyl groups excluding tert-OH is 2. The van der Waals surface area contributed by atoms with Crippen LogP contribution >= 0.6 is 143 Å². The molecule has 2 aliphatic rings. The van der Waals surface area contributed by atoms with Crippen molar-refractivity contribution < 1.29 is 38.9 Å². The fourth-order valence-electron chi connectivity index (χ4n) is 9.21. The van der Waals surface area contributed by atoms with E-state index in [1.807, 2.05) is 146 Å². The highest BCUT2D eigenvalue weighted by Gasteiger charge is 2.16. The number of nitrogens with zero attached hydrogens (tertiary/aromatic N) is 4. The highest BCUT2D eigenvalue weighted by Crippen LogP contribution is 2.59. The van der Waals surface area contributed by atoms with Crippen molar-refractivity contribution in [3.8, 4) is 18.2 Å². The molecule has 8 aromatic carbocycles. The zero-order chi connectivity index (χ0) is 78.7. The predicted octanol–water partition coefficient (Wildman–Crippen LogP) is 19.2. The van der Waals surface area contributed by atoms with Crippen molar-refractivity contribution >= 4 is 182 Å². The molecule has 576 valence electrons. The minimum absolute atomic E-state index is 0. The predicted molar refractivity (Wildman–Crippen MR) is 468 cm³/mol. The summed E-state index contributed by atoms with van der Waals surface area (Å²) in [7, 11) is 0. The van der Waals surface area contributed by atoms with Gasteiger partial charge in [0, 0.05) is 76.0 Å². The number of esters is 1. The average molecular weight is 1910 g/mol. The Morgan fingerprint density at radius 1 is 0.602 bits per heavy atom.